The fourth-order valence-corrected chi connectivity index (χ4v) is 3.47. The second kappa shape index (κ2) is 8.47. The molecule has 3 N–H and O–H groups in total. The summed E-state index contributed by atoms with van der Waals surface area (Å²) in [5.74, 6) is 0.950. The van der Waals surface area contributed by atoms with Crippen LogP contribution in [0.2, 0.25) is 0 Å². The first kappa shape index (κ1) is 19.8. The van der Waals surface area contributed by atoms with Gasteiger partial charge in [0.25, 0.3) is 0 Å². The van der Waals surface area contributed by atoms with E-state index in [1.807, 2.05) is 43.3 Å². The van der Waals surface area contributed by atoms with Gasteiger partial charge in [0.05, 0.1) is 6.42 Å². The number of hydrogen-bond acceptors (Lipinski definition) is 5. The molecule has 154 valence electrons. The van der Waals surface area contributed by atoms with Gasteiger partial charge >= 0.3 is 5.97 Å². The number of fused-ring (bicyclic) bond motifs is 1. The van der Waals surface area contributed by atoms with E-state index in [0.29, 0.717) is 22.8 Å². The molecule has 6 heteroatoms. The maximum atomic E-state index is 11.1. The van der Waals surface area contributed by atoms with Gasteiger partial charge in [-0.1, -0.05) is 36.4 Å². The number of carboxylic acid groups (broad SMARTS) is 1. The van der Waals surface area contributed by atoms with Gasteiger partial charge in [-0.05, 0) is 47.9 Å². The van der Waals surface area contributed by atoms with Crippen LogP contribution in [0.25, 0.3) is 11.1 Å². The molecular formula is C24H23NO5. The predicted molar refractivity (Wildman–Crippen MR) is 113 cm³/mol. The van der Waals surface area contributed by atoms with Crippen LogP contribution in [0.15, 0.2) is 60.7 Å². The summed E-state index contributed by atoms with van der Waals surface area (Å²) < 4.78 is 17.3. The number of carbonyl (C=O) groups is 1. The third-order valence-electron chi connectivity index (χ3n) is 4.99. The first-order valence-corrected chi connectivity index (χ1v) is 9.72. The van der Waals surface area contributed by atoms with Crippen LogP contribution in [0.3, 0.4) is 0 Å². The fourth-order valence-electron chi connectivity index (χ4n) is 3.47. The van der Waals surface area contributed by atoms with E-state index in [0.717, 1.165) is 22.3 Å². The van der Waals surface area contributed by atoms with Crippen molar-refractivity contribution in [3.63, 3.8) is 0 Å². The zero-order chi connectivity index (χ0) is 21.1. The minimum atomic E-state index is -0.903. The molecule has 0 bridgehead atoms. The van der Waals surface area contributed by atoms with Crippen molar-refractivity contribution in [3.8, 4) is 28.4 Å². The van der Waals surface area contributed by atoms with Gasteiger partial charge in [-0.25, -0.2) is 0 Å². The highest BCUT2D eigenvalue weighted by Crippen LogP contribution is 2.40. The minimum absolute atomic E-state index is 0.0625. The van der Waals surface area contributed by atoms with Crippen molar-refractivity contribution in [3.05, 3.63) is 77.4 Å². The molecule has 0 aliphatic carbocycles. The molecule has 0 saturated heterocycles. The van der Waals surface area contributed by atoms with Crippen LogP contribution in [0.4, 0.5) is 0 Å². The highest BCUT2D eigenvalue weighted by Gasteiger charge is 2.21. The second-order valence-electron chi connectivity index (χ2n) is 7.25. The van der Waals surface area contributed by atoms with Crippen molar-refractivity contribution in [1.29, 1.82) is 0 Å². The number of rotatable bonds is 7. The zero-order valence-corrected chi connectivity index (χ0v) is 16.6. The van der Waals surface area contributed by atoms with Gasteiger partial charge in [-0.15, -0.1) is 0 Å². The van der Waals surface area contributed by atoms with E-state index in [2.05, 4.69) is 6.07 Å². The van der Waals surface area contributed by atoms with E-state index in [1.54, 1.807) is 18.2 Å². The van der Waals surface area contributed by atoms with Crippen LogP contribution in [0.1, 0.15) is 29.7 Å². The standard InChI is InChI=1S/C24H23NO5/c1-15(25)16-6-4-7-17(9-16)19-10-20(24-22(11-19)29-14-30-24)13-28-21-8-3-2-5-18(21)12-23(26)27/h2-11,15H,12-14,25H2,1H3,(H,26,27). The van der Waals surface area contributed by atoms with Gasteiger partial charge in [0, 0.05) is 17.2 Å². The van der Waals surface area contributed by atoms with Crippen LogP contribution >= 0.6 is 0 Å². The summed E-state index contributed by atoms with van der Waals surface area (Å²) in [6.07, 6.45) is -0.0992. The summed E-state index contributed by atoms with van der Waals surface area (Å²) >= 11 is 0. The van der Waals surface area contributed by atoms with E-state index < -0.39 is 5.97 Å². The molecule has 1 heterocycles. The van der Waals surface area contributed by atoms with Crippen molar-refractivity contribution in [2.75, 3.05) is 6.79 Å². The Bertz CT molecular complexity index is 1080. The molecule has 0 fully saturated rings. The SMILES string of the molecule is CC(N)c1cccc(-c2cc(COc3ccccc3CC(=O)O)c3c(c2)OCO3)c1. The summed E-state index contributed by atoms with van der Waals surface area (Å²) in [5.41, 5.74) is 10.5. The normalized spacial score (nSPS) is 13.1. The Hall–Kier alpha value is -3.51. The average molecular weight is 405 g/mol. The van der Waals surface area contributed by atoms with Gasteiger partial charge in [-0.3, -0.25) is 4.79 Å². The lowest BCUT2D eigenvalue weighted by molar-refractivity contribution is -0.136. The summed E-state index contributed by atoms with van der Waals surface area (Å²) in [7, 11) is 0. The molecular weight excluding hydrogens is 382 g/mol. The molecule has 30 heavy (non-hydrogen) atoms. The highest BCUT2D eigenvalue weighted by atomic mass is 16.7. The monoisotopic (exact) mass is 405 g/mol. The van der Waals surface area contributed by atoms with E-state index in [1.165, 1.54) is 0 Å². The molecule has 0 aromatic heterocycles. The van der Waals surface area contributed by atoms with Gasteiger partial charge in [0.2, 0.25) is 6.79 Å². The Morgan fingerprint density at radius 2 is 1.90 bits per heavy atom. The van der Waals surface area contributed by atoms with Crippen molar-refractivity contribution >= 4 is 5.97 Å². The van der Waals surface area contributed by atoms with E-state index >= 15 is 0 Å². The molecule has 1 aliphatic heterocycles. The number of aliphatic carboxylic acids is 1. The Balaban J connectivity index is 1.65. The topological polar surface area (TPSA) is 91.0 Å². The first-order chi connectivity index (χ1) is 14.5. The van der Waals surface area contributed by atoms with Crippen LogP contribution < -0.4 is 19.9 Å². The summed E-state index contributed by atoms with van der Waals surface area (Å²) in [4.78, 5) is 11.1. The third kappa shape index (κ3) is 4.23. The largest absolute Gasteiger partial charge is 0.488 e. The molecule has 6 nitrogen and oxygen atoms in total. The molecule has 0 spiro atoms. The fraction of sp³-hybridized carbons (Fsp3) is 0.208. The molecule has 0 saturated carbocycles. The number of para-hydroxylation sites is 1. The van der Waals surface area contributed by atoms with Crippen LogP contribution in [0, 0.1) is 0 Å². The number of nitrogens with two attached hydrogens (primary N) is 1. The third-order valence-corrected chi connectivity index (χ3v) is 4.99. The molecule has 4 rings (SSSR count). The Morgan fingerprint density at radius 1 is 1.07 bits per heavy atom. The summed E-state index contributed by atoms with van der Waals surface area (Å²) in [6, 6.07) is 19.1. The zero-order valence-electron chi connectivity index (χ0n) is 16.6. The lowest BCUT2D eigenvalue weighted by Gasteiger charge is -2.14. The van der Waals surface area contributed by atoms with E-state index in [-0.39, 0.29) is 25.9 Å². The Morgan fingerprint density at radius 3 is 2.70 bits per heavy atom. The van der Waals surface area contributed by atoms with Crippen molar-refractivity contribution in [1.82, 2.24) is 0 Å². The van der Waals surface area contributed by atoms with Crippen molar-refractivity contribution < 1.29 is 24.1 Å². The highest BCUT2D eigenvalue weighted by molar-refractivity contribution is 5.72. The van der Waals surface area contributed by atoms with Gasteiger partial charge in [0.15, 0.2) is 11.5 Å². The van der Waals surface area contributed by atoms with Gasteiger partial charge < -0.3 is 25.1 Å². The van der Waals surface area contributed by atoms with E-state index in [9.17, 15) is 4.79 Å². The second-order valence-corrected chi connectivity index (χ2v) is 7.25. The van der Waals surface area contributed by atoms with Gasteiger partial charge in [-0.2, -0.15) is 0 Å². The van der Waals surface area contributed by atoms with E-state index in [4.69, 9.17) is 25.1 Å². The molecule has 0 amide bonds. The molecule has 3 aromatic carbocycles. The average Bonchev–Trinajstić information content (AvgIpc) is 3.21. The summed E-state index contributed by atoms with van der Waals surface area (Å²) in [5, 5.41) is 9.13. The number of carboxylic acids is 1. The van der Waals surface area contributed by atoms with Crippen molar-refractivity contribution in [2.24, 2.45) is 5.73 Å². The molecule has 1 atom stereocenters. The van der Waals surface area contributed by atoms with Crippen LogP contribution in [-0.4, -0.2) is 17.9 Å². The lowest BCUT2D eigenvalue weighted by atomic mass is 9.98. The first-order valence-electron chi connectivity index (χ1n) is 9.72. The van der Waals surface area contributed by atoms with Crippen LogP contribution in [0.5, 0.6) is 17.2 Å². The lowest BCUT2D eigenvalue weighted by Crippen LogP contribution is -2.05. The molecule has 1 aliphatic rings. The molecule has 3 aromatic rings. The molecule has 0 radical (unpaired) electrons. The smallest absolute Gasteiger partial charge is 0.307 e. The van der Waals surface area contributed by atoms with Crippen molar-refractivity contribution in [2.45, 2.75) is 26.0 Å². The number of hydrogen-bond donors (Lipinski definition) is 2. The minimum Gasteiger partial charge on any atom is -0.488 e. The Kier molecular flexibility index (Phi) is 5.59. The van der Waals surface area contributed by atoms with Crippen LogP contribution in [-0.2, 0) is 17.8 Å². The van der Waals surface area contributed by atoms with Gasteiger partial charge in [0.1, 0.15) is 12.4 Å². The number of ether oxygens (including phenoxy) is 3. The Labute approximate surface area is 174 Å². The number of benzene rings is 3. The molecule has 1 unspecified atom stereocenters. The summed E-state index contributed by atoms with van der Waals surface area (Å²) in [6.45, 7) is 2.33. The quantitative estimate of drug-likeness (QED) is 0.609. The maximum Gasteiger partial charge on any atom is 0.307 e. The maximum absolute atomic E-state index is 11.1. The predicted octanol–water partition coefficient (Wildman–Crippen LogP) is 4.31.